The van der Waals surface area contributed by atoms with Gasteiger partial charge >= 0.3 is 0 Å². The monoisotopic (exact) mass is 222 g/mol. The minimum absolute atomic E-state index is 0.157. The van der Waals surface area contributed by atoms with Crippen molar-refractivity contribution in [3.05, 3.63) is 35.4 Å². The van der Waals surface area contributed by atoms with E-state index in [4.69, 9.17) is 0 Å². The fourth-order valence-electron chi connectivity index (χ4n) is 2.87. The van der Waals surface area contributed by atoms with Gasteiger partial charge in [0, 0.05) is 5.92 Å². The van der Waals surface area contributed by atoms with Crippen LogP contribution >= 0.6 is 0 Å². The molecule has 2 saturated carbocycles. The third-order valence-electron chi connectivity index (χ3n) is 3.82. The van der Waals surface area contributed by atoms with Gasteiger partial charge in [0.2, 0.25) is 0 Å². The molecule has 2 unspecified atom stereocenters. The normalized spacial score (nSPS) is 31.2. The molecule has 84 valence electrons. The van der Waals surface area contributed by atoms with Crippen LogP contribution in [0.3, 0.4) is 0 Å². The Labute approximate surface area is 92.5 Å². The number of hydrogen-bond acceptors (Lipinski definition) is 1. The summed E-state index contributed by atoms with van der Waals surface area (Å²) >= 11 is 0. The Morgan fingerprint density at radius 3 is 2.19 bits per heavy atom. The average molecular weight is 222 g/mol. The van der Waals surface area contributed by atoms with Crippen LogP contribution in [-0.2, 0) is 0 Å². The van der Waals surface area contributed by atoms with Crippen molar-refractivity contribution in [3.8, 4) is 0 Å². The topological polar surface area (TPSA) is 17.1 Å². The zero-order chi connectivity index (χ0) is 11.3. The van der Waals surface area contributed by atoms with E-state index in [-0.39, 0.29) is 17.3 Å². The van der Waals surface area contributed by atoms with Crippen molar-refractivity contribution < 1.29 is 13.6 Å². The molecular formula is C13H12F2O. The number of halogens is 2. The van der Waals surface area contributed by atoms with Crippen LogP contribution in [0.4, 0.5) is 8.78 Å². The molecule has 0 spiro atoms. The van der Waals surface area contributed by atoms with Crippen molar-refractivity contribution in [1.82, 2.24) is 0 Å². The van der Waals surface area contributed by atoms with Crippen molar-refractivity contribution >= 4 is 5.78 Å². The lowest BCUT2D eigenvalue weighted by Gasteiger charge is -2.11. The lowest BCUT2D eigenvalue weighted by Crippen LogP contribution is -2.16. The molecule has 3 heteroatoms. The average Bonchev–Trinajstić information content (AvgIpc) is 2.85. The second-order valence-electron chi connectivity index (χ2n) is 4.89. The van der Waals surface area contributed by atoms with Gasteiger partial charge < -0.3 is 0 Å². The van der Waals surface area contributed by atoms with E-state index in [1.165, 1.54) is 12.5 Å². The summed E-state index contributed by atoms with van der Waals surface area (Å²) in [6.07, 6.45) is 2.83. The molecule has 1 aromatic rings. The predicted octanol–water partition coefficient (Wildman–Crippen LogP) is 3.19. The first-order chi connectivity index (χ1) is 7.66. The Kier molecular flexibility index (Phi) is 2.09. The molecule has 0 aromatic heterocycles. The second kappa shape index (κ2) is 3.37. The molecular weight excluding hydrogens is 210 g/mol. The maximum atomic E-state index is 13.4. The van der Waals surface area contributed by atoms with Gasteiger partial charge in [-0.15, -0.1) is 0 Å². The summed E-state index contributed by atoms with van der Waals surface area (Å²) in [6, 6.07) is 3.57. The summed E-state index contributed by atoms with van der Waals surface area (Å²) in [5.74, 6) is -0.679. The highest BCUT2D eigenvalue weighted by Gasteiger charge is 2.48. The van der Waals surface area contributed by atoms with Crippen LogP contribution in [0, 0.1) is 29.4 Å². The van der Waals surface area contributed by atoms with Gasteiger partial charge in [0.25, 0.3) is 0 Å². The summed E-state index contributed by atoms with van der Waals surface area (Å²) in [5, 5.41) is 0. The van der Waals surface area contributed by atoms with Crippen LogP contribution in [0.2, 0.25) is 0 Å². The Morgan fingerprint density at radius 1 is 1.06 bits per heavy atom. The van der Waals surface area contributed by atoms with Crippen LogP contribution in [-0.4, -0.2) is 5.78 Å². The lowest BCUT2D eigenvalue weighted by atomic mass is 9.93. The number of Topliss-reactive ketones (excluding diaryl/α,β-unsaturated/α-hetero) is 1. The fourth-order valence-corrected chi connectivity index (χ4v) is 2.87. The highest BCUT2D eigenvalue weighted by Crippen LogP contribution is 2.55. The van der Waals surface area contributed by atoms with Gasteiger partial charge in [-0.1, -0.05) is 6.07 Å². The Morgan fingerprint density at radius 2 is 1.62 bits per heavy atom. The number of hydrogen-bond donors (Lipinski definition) is 0. The molecule has 0 amide bonds. The summed E-state index contributed by atoms with van der Waals surface area (Å²) in [5.41, 5.74) is -0.339. The number of ketones is 1. The van der Waals surface area contributed by atoms with Crippen LogP contribution in [0.25, 0.3) is 0 Å². The Bertz CT molecular complexity index is 425. The van der Waals surface area contributed by atoms with E-state index in [9.17, 15) is 13.6 Å². The van der Waals surface area contributed by atoms with E-state index in [0.717, 1.165) is 25.0 Å². The molecule has 0 heterocycles. The van der Waals surface area contributed by atoms with Gasteiger partial charge in [-0.3, -0.25) is 4.79 Å². The van der Waals surface area contributed by atoms with Crippen molar-refractivity contribution in [2.45, 2.75) is 19.3 Å². The molecule has 0 saturated heterocycles. The van der Waals surface area contributed by atoms with Gasteiger partial charge in [-0.05, 0) is 43.2 Å². The highest BCUT2D eigenvalue weighted by molar-refractivity contribution is 5.98. The van der Waals surface area contributed by atoms with E-state index in [0.29, 0.717) is 11.8 Å². The molecule has 0 aliphatic heterocycles. The van der Waals surface area contributed by atoms with E-state index < -0.39 is 11.6 Å². The summed E-state index contributed by atoms with van der Waals surface area (Å²) in [7, 11) is 0. The molecule has 16 heavy (non-hydrogen) atoms. The van der Waals surface area contributed by atoms with Crippen LogP contribution in [0.15, 0.2) is 18.2 Å². The van der Waals surface area contributed by atoms with E-state index in [2.05, 4.69) is 0 Å². The number of rotatable bonds is 2. The summed E-state index contributed by atoms with van der Waals surface area (Å²) in [4.78, 5) is 12.0. The summed E-state index contributed by atoms with van der Waals surface area (Å²) < 4.78 is 26.8. The molecule has 0 bridgehead atoms. The van der Waals surface area contributed by atoms with Gasteiger partial charge in [0.05, 0.1) is 5.56 Å². The lowest BCUT2D eigenvalue weighted by molar-refractivity contribution is 0.0905. The Hall–Kier alpha value is -1.25. The quantitative estimate of drug-likeness (QED) is 0.702. The number of fused-ring (bicyclic) bond motifs is 1. The van der Waals surface area contributed by atoms with Crippen molar-refractivity contribution in [1.29, 1.82) is 0 Å². The van der Waals surface area contributed by atoms with E-state index >= 15 is 0 Å². The van der Waals surface area contributed by atoms with Gasteiger partial charge in [0.1, 0.15) is 11.6 Å². The molecule has 2 atom stereocenters. The zero-order valence-corrected chi connectivity index (χ0v) is 8.75. The van der Waals surface area contributed by atoms with Crippen LogP contribution < -0.4 is 0 Å². The number of benzene rings is 1. The van der Waals surface area contributed by atoms with Crippen LogP contribution in [0.5, 0.6) is 0 Å². The van der Waals surface area contributed by atoms with Gasteiger partial charge in [-0.2, -0.15) is 0 Å². The van der Waals surface area contributed by atoms with Crippen molar-refractivity contribution in [3.63, 3.8) is 0 Å². The minimum Gasteiger partial charge on any atom is -0.294 e. The van der Waals surface area contributed by atoms with E-state index in [1.54, 1.807) is 0 Å². The first kappa shape index (κ1) is 9.94. The van der Waals surface area contributed by atoms with E-state index in [1.807, 2.05) is 0 Å². The van der Waals surface area contributed by atoms with Gasteiger partial charge in [0.15, 0.2) is 5.78 Å². The fraction of sp³-hybridized carbons (Fsp3) is 0.462. The third-order valence-corrected chi connectivity index (χ3v) is 3.82. The zero-order valence-electron chi connectivity index (χ0n) is 8.75. The second-order valence-corrected chi connectivity index (χ2v) is 4.89. The van der Waals surface area contributed by atoms with Crippen LogP contribution in [0.1, 0.15) is 29.6 Å². The number of carbonyl (C=O) groups excluding carboxylic acids is 1. The predicted molar refractivity (Wildman–Crippen MR) is 55.0 cm³/mol. The summed E-state index contributed by atoms with van der Waals surface area (Å²) in [6.45, 7) is 0. The molecule has 0 radical (unpaired) electrons. The molecule has 0 N–H and O–H groups in total. The first-order valence-electron chi connectivity index (χ1n) is 5.65. The third kappa shape index (κ3) is 1.46. The molecule has 1 nitrogen and oxygen atoms in total. The van der Waals surface area contributed by atoms with Crippen molar-refractivity contribution in [2.75, 3.05) is 0 Å². The smallest absolute Gasteiger partial charge is 0.171 e. The number of carbonyl (C=O) groups is 1. The molecule has 2 aliphatic rings. The van der Waals surface area contributed by atoms with Crippen molar-refractivity contribution in [2.24, 2.45) is 17.8 Å². The standard InChI is InChI=1S/C13H12F2O/c14-10-2-1-3-11(15)12(10)13(16)9-5-7-4-8(7)6-9/h1-3,7-9H,4-6H2. The maximum absolute atomic E-state index is 13.4. The molecule has 2 fully saturated rings. The largest absolute Gasteiger partial charge is 0.294 e. The minimum atomic E-state index is -0.731. The Balaban J connectivity index is 1.88. The SMILES string of the molecule is O=C(c1c(F)cccc1F)C1CC2CC2C1. The molecule has 3 rings (SSSR count). The first-order valence-corrected chi connectivity index (χ1v) is 5.65. The molecule has 2 aliphatic carbocycles. The van der Waals surface area contributed by atoms with Gasteiger partial charge in [-0.25, -0.2) is 8.78 Å². The molecule has 1 aromatic carbocycles. The maximum Gasteiger partial charge on any atom is 0.171 e. The highest BCUT2D eigenvalue weighted by atomic mass is 19.1.